The molecule has 0 atom stereocenters. The van der Waals surface area contributed by atoms with Crippen LogP contribution in [0.4, 0.5) is 11.5 Å². The summed E-state index contributed by atoms with van der Waals surface area (Å²) in [5.74, 6) is 0.469. The Hall–Kier alpha value is -2.34. The van der Waals surface area contributed by atoms with Crippen molar-refractivity contribution in [3.05, 3.63) is 30.1 Å². The Morgan fingerprint density at radius 3 is 3.00 bits per heavy atom. The topological polar surface area (TPSA) is 81.7 Å². The van der Waals surface area contributed by atoms with Crippen LogP contribution in [-0.4, -0.2) is 26.3 Å². The van der Waals surface area contributed by atoms with Gasteiger partial charge in [0.1, 0.15) is 17.8 Å². The molecular weight excluding hydrogens is 288 g/mol. The zero-order chi connectivity index (χ0) is 13.7. The van der Waals surface area contributed by atoms with Gasteiger partial charge in [0.15, 0.2) is 5.65 Å². The third-order valence-electron chi connectivity index (χ3n) is 3.74. The molecule has 2 aromatic heterocycles. The fourth-order valence-corrected chi connectivity index (χ4v) is 2.76. The number of nitrogens with zero attached hydrogens (tertiary/aromatic N) is 4. The highest BCUT2D eigenvalue weighted by Crippen LogP contribution is 2.33. The average molecular weight is 303 g/mol. The Bertz CT molecular complexity index is 826. The Morgan fingerprint density at radius 2 is 2.14 bits per heavy atom. The first-order valence-corrected chi connectivity index (χ1v) is 6.54. The number of halogens is 1. The molecule has 0 saturated heterocycles. The third-order valence-corrected chi connectivity index (χ3v) is 3.74. The lowest BCUT2D eigenvalue weighted by atomic mass is 10.0. The summed E-state index contributed by atoms with van der Waals surface area (Å²) in [6.45, 7) is 0.993. The summed E-state index contributed by atoms with van der Waals surface area (Å²) < 4.78 is 1.74. The highest BCUT2D eigenvalue weighted by molar-refractivity contribution is 5.98. The molecule has 3 aromatic rings. The first-order chi connectivity index (χ1) is 9.74. The van der Waals surface area contributed by atoms with Crippen molar-refractivity contribution >= 4 is 34.9 Å². The van der Waals surface area contributed by atoms with Crippen LogP contribution in [0.2, 0.25) is 0 Å². The molecule has 6 nitrogen and oxygen atoms in total. The highest BCUT2D eigenvalue weighted by Gasteiger charge is 2.17. The number of nitrogen functional groups attached to an aromatic ring is 1. The van der Waals surface area contributed by atoms with Crippen LogP contribution in [0.15, 0.2) is 24.5 Å². The van der Waals surface area contributed by atoms with Crippen molar-refractivity contribution in [1.29, 1.82) is 0 Å². The maximum atomic E-state index is 6.00. The smallest absolute Gasteiger partial charge is 0.163 e. The second kappa shape index (κ2) is 4.89. The molecule has 0 amide bonds. The number of benzene rings is 1. The standard InChI is InChI=1S/C14H14N6.ClH/c1-20-14-11(13(15)17-7-18-14)12(19-20)9-2-3-10-8(6-9)4-5-16-10;/h2-3,6-7,16H,4-5H2,1H3,(H2,15,17,18);1H. The van der Waals surface area contributed by atoms with Crippen LogP contribution >= 0.6 is 12.4 Å². The number of nitrogens with one attached hydrogen (secondary N) is 1. The van der Waals surface area contributed by atoms with E-state index in [-0.39, 0.29) is 12.4 Å². The van der Waals surface area contributed by atoms with E-state index in [0.717, 1.165) is 35.3 Å². The van der Waals surface area contributed by atoms with Gasteiger partial charge in [-0.25, -0.2) is 14.6 Å². The number of nitrogens with two attached hydrogens (primary N) is 1. The minimum absolute atomic E-state index is 0. The minimum Gasteiger partial charge on any atom is -0.384 e. The van der Waals surface area contributed by atoms with Gasteiger partial charge in [0.05, 0.1) is 5.39 Å². The molecule has 0 unspecified atom stereocenters. The first-order valence-electron chi connectivity index (χ1n) is 6.54. The normalized spacial score (nSPS) is 12.8. The van der Waals surface area contributed by atoms with Gasteiger partial charge in [0.25, 0.3) is 0 Å². The molecule has 1 aromatic carbocycles. The van der Waals surface area contributed by atoms with Gasteiger partial charge in [-0.05, 0) is 24.1 Å². The van der Waals surface area contributed by atoms with Crippen molar-refractivity contribution in [1.82, 2.24) is 19.7 Å². The Morgan fingerprint density at radius 1 is 1.29 bits per heavy atom. The van der Waals surface area contributed by atoms with E-state index >= 15 is 0 Å². The lowest BCUT2D eigenvalue weighted by Gasteiger charge is -2.03. The average Bonchev–Trinajstić information content (AvgIpc) is 3.04. The number of hydrogen-bond acceptors (Lipinski definition) is 5. The molecule has 0 radical (unpaired) electrons. The number of hydrogen-bond donors (Lipinski definition) is 2. The van der Waals surface area contributed by atoms with E-state index in [9.17, 15) is 0 Å². The van der Waals surface area contributed by atoms with Gasteiger partial charge < -0.3 is 11.1 Å². The van der Waals surface area contributed by atoms with Crippen molar-refractivity contribution in [3.8, 4) is 11.3 Å². The molecule has 21 heavy (non-hydrogen) atoms. The van der Waals surface area contributed by atoms with Crippen LogP contribution in [0.5, 0.6) is 0 Å². The van der Waals surface area contributed by atoms with E-state index in [0.29, 0.717) is 5.82 Å². The van der Waals surface area contributed by atoms with Crippen molar-refractivity contribution in [2.24, 2.45) is 7.05 Å². The summed E-state index contributed by atoms with van der Waals surface area (Å²) in [7, 11) is 1.87. The largest absolute Gasteiger partial charge is 0.384 e. The van der Waals surface area contributed by atoms with E-state index in [4.69, 9.17) is 5.73 Å². The Labute approximate surface area is 127 Å². The third kappa shape index (κ3) is 1.99. The van der Waals surface area contributed by atoms with Crippen LogP contribution in [0.3, 0.4) is 0 Å². The molecular formula is C14H15ClN6. The summed E-state index contributed by atoms with van der Waals surface area (Å²) in [5.41, 5.74) is 11.2. The molecule has 1 aliphatic rings. The van der Waals surface area contributed by atoms with E-state index in [1.54, 1.807) is 4.68 Å². The van der Waals surface area contributed by atoms with E-state index in [1.807, 2.05) is 7.05 Å². The van der Waals surface area contributed by atoms with Crippen LogP contribution in [0, 0.1) is 0 Å². The lowest BCUT2D eigenvalue weighted by molar-refractivity contribution is 0.788. The van der Waals surface area contributed by atoms with Crippen molar-refractivity contribution in [3.63, 3.8) is 0 Å². The molecule has 0 aliphatic carbocycles. The van der Waals surface area contributed by atoms with Gasteiger partial charge in [0.2, 0.25) is 0 Å². The molecule has 3 heterocycles. The van der Waals surface area contributed by atoms with Gasteiger partial charge in [-0.3, -0.25) is 0 Å². The van der Waals surface area contributed by atoms with Crippen LogP contribution in [0.1, 0.15) is 5.56 Å². The van der Waals surface area contributed by atoms with Gasteiger partial charge in [-0.15, -0.1) is 12.4 Å². The summed E-state index contributed by atoms with van der Waals surface area (Å²) >= 11 is 0. The second-order valence-electron chi connectivity index (χ2n) is 4.98. The summed E-state index contributed by atoms with van der Waals surface area (Å²) in [6, 6.07) is 6.33. The monoisotopic (exact) mass is 302 g/mol. The lowest BCUT2D eigenvalue weighted by Crippen LogP contribution is -1.95. The maximum Gasteiger partial charge on any atom is 0.163 e. The Kier molecular flexibility index (Phi) is 3.17. The highest BCUT2D eigenvalue weighted by atomic mass is 35.5. The molecule has 1 aliphatic heterocycles. The van der Waals surface area contributed by atoms with Crippen LogP contribution in [0.25, 0.3) is 22.3 Å². The van der Waals surface area contributed by atoms with Crippen molar-refractivity contribution < 1.29 is 0 Å². The van der Waals surface area contributed by atoms with Crippen LogP contribution in [-0.2, 0) is 13.5 Å². The summed E-state index contributed by atoms with van der Waals surface area (Å²) in [6.07, 6.45) is 2.51. The van der Waals surface area contributed by atoms with Gasteiger partial charge in [-0.1, -0.05) is 6.07 Å². The van der Waals surface area contributed by atoms with Gasteiger partial charge in [0, 0.05) is 24.8 Å². The van der Waals surface area contributed by atoms with E-state index < -0.39 is 0 Å². The summed E-state index contributed by atoms with van der Waals surface area (Å²) in [4.78, 5) is 8.34. The quantitative estimate of drug-likeness (QED) is 0.718. The van der Waals surface area contributed by atoms with E-state index in [2.05, 4.69) is 38.6 Å². The number of aromatic nitrogens is 4. The molecule has 7 heteroatoms. The van der Waals surface area contributed by atoms with Gasteiger partial charge >= 0.3 is 0 Å². The second-order valence-corrected chi connectivity index (χ2v) is 4.98. The molecule has 4 rings (SSSR count). The number of rotatable bonds is 1. The fourth-order valence-electron chi connectivity index (χ4n) is 2.76. The molecule has 0 bridgehead atoms. The number of aryl methyl sites for hydroxylation is 1. The van der Waals surface area contributed by atoms with Gasteiger partial charge in [-0.2, -0.15) is 5.10 Å². The van der Waals surface area contributed by atoms with Crippen molar-refractivity contribution in [2.45, 2.75) is 6.42 Å². The van der Waals surface area contributed by atoms with E-state index in [1.165, 1.54) is 17.6 Å². The number of fused-ring (bicyclic) bond motifs is 2. The minimum atomic E-state index is 0. The molecule has 0 fully saturated rings. The molecule has 108 valence electrons. The maximum absolute atomic E-state index is 6.00. The summed E-state index contributed by atoms with van der Waals surface area (Å²) in [5, 5.41) is 8.74. The first kappa shape index (κ1) is 13.6. The zero-order valence-electron chi connectivity index (χ0n) is 11.5. The van der Waals surface area contributed by atoms with Crippen LogP contribution < -0.4 is 11.1 Å². The molecule has 0 spiro atoms. The van der Waals surface area contributed by atoms with Crippen molar-refractivity contribution in [2.75, 3.05) is 17.6 Å². The fraction of sp³-hybridized carbons (Fsp3) is 0.214. The Balaban J connectivity index is 0.00000132. The molecule has 0 saturated carbocycles. The predicted molar refractivity (Wildman–Crippen MR) is 85.6 cm³/mol. The number of anilines is 2. The predicted octanol–water partition coefficient (Wildman–Crippen LogP) is 2.00. The zero-order valence-corrected chi connectivity index (χ0v) is 12.3. The molecule has 3 N–H and O–H groups in total. The SMILES string of the molecule is Cl.Cn1nc(-c2ccc3c(c2)CCN3)c2c(N)ncnc21.